The number of carbonyl (C=O) groups is 1. The number of hydrogen-bond donors (Lipinski definition) is 0. The van der Waals surface area contributed by atoms with E-state index >= 15 is 0 Å². The number of rotatable bonds is 6. The Morgan fingerprint density at radius 2 is 1.84 bits per heavy atom. The summed E-state index contributed by atoms with van der Waals surface area (Å²) in [5, 5.41) is 7.83. The fourth-order valence-electron chi connectivity index (χ4n) is 2.18. The standard InChI is InChI=1S/C18H16N2O5/c1-22-13-8-9-14(15(10-13)23-2)18(21)24-11-16-19-20-17(25-16)12-6-4-3-5-7-12/h3-10H,11H2,1-2H3. The molecule has 0 radical (unpaired) electrons. The van der Waals surface area contributed by atoms with Gasteiger partial charge in [-0.3, -0.25) is 0 Å². The molecule has 0 aliphatic carbocycles. The van der Waals surface area contributed by atoms with Crippen LogP contribution < -0.4 is 9.47 Å². The maximum Gasteiger partial charge on any atom is 0.342 e. The number of benzene rings is 2. The van der Waals surface area contributed by atoms with E-state index in [9.17, 15) is 4.79 Å². The number of carbonyl (C=O) groups excluding carboxylic acids is 1. The molecule has 0 saturated heterocycles. The van der Waals surface area contributed by atoms with Crippen LogP contribution in [0.2, 0.25) is 0 Å². The molecule has 0 amide bonds. The van der Waals surface area contributed by atoms with Crippen LogP contribution in [0.1, 0.15) is 16.2 Å². The van der Waals surface area contributed by atoms with Crippen molar-refractivity contribution in [2.75, 3.05) is 14.2 Å². The summed E-state index contributed by atoms with van der Waals surface area (Å²) in [5.74, 6) is 0.963. The average Bonchev–Trinajstić information content (AvgIpc) is 3.15. The molecule has 2 aromatic carbocycles. The largest absolute Gasteiger partial charge is 0.497 e. The minimum atomic E-state index is -0.557. The van der Waals surface area contributed by atoms with Crippen molar-refractivity contribution in [1.82, 2.24) is 10.2 Å². The van der Waals surface area contributed by atoms with E-state index < -0.39 is 5.97 Å². The predicted octanol–water partition coefficient (Wildman–Crippen LogP) is 3.11. The van der Waals surface area contributed by atoms with Gasteiger partial charge in [-0.05, 0) is 24.3 Å². The molecule has 7 heteroatoms. The molecular weight excluding hydrogens is 324 g/mol. The summed E-state index contributed by atoms with van der Waals surface area (Å²) in [6.07, 6.45) is 0. The number of aromatic nitrogens is 2. The monoisotopic (exact) mass is 340 g/mol. The van der Waals surface area contributed by atoms with E-state index in [1.54, 1.807) is 18.2 Å². The van der Waals surface area contributed by atoms with Crippen molar-refractivity contribution in [1.29, 1.82) is 0 Å². The van der Waals surface area contributed by atoms with E-state index in [2.05, 4.69) is 10.2 Å². The molecule has 0 saturated carbocycles. The maximum absolute atomic E-state index is 12.2. The van der Waals surface area contributed by atoms with Crippen LogP contribution in [-0.4, -0.2) is 30.4 Å². The molecule has 128 valence electrons. The normalized spacial score (nSPS) is 10.3. The fraction of sp³-hybridized carbons (Fsp3) is 0.167. The van der Waals surface area contributed by atoms with Crippen LogP contribution in [0, 0.1) is 0 Å². The third-order valence-electron chi connectivity index (χ3n) is 3.44. The average molecular weight is 340 g/mol. The maximum atomic E-state index is 12.2. The highest BCUT2D eigenvalue weighted by molar-refractivity contribution is 5.92. The third kappa shape index (κ3) is 3.77. The van der Waals surface area contributed by atoms with Crippen molar-refractivity contribution >= 4 is 5.97 Å². The van der Waals surface area contributed by atoms with E-state index in [0.29, 0.717) is 17.4 Å². The lowest BCUT2D eigenvalue weighted by Gasteiger charge is -2.09. The van der Waals surface area contributed by atoms with Crippen LogP contribution in [0.25, 0.3) is 11.5 Å². The van der Waals surface area contributed by atoms with Crippen molar-refractivity contribution in [3.05, 3.63) is 60.0 Å². The van der Waals surface area contributed by atoms with Gasteiger partial charge in [0, 0.05) is 11.6 Å². The van der Waals surface area contributed by atoms with Crippen LogP contribution in [0.3, 0.4) is 0 Å². The minimum absolute atomic E-state index is 0.131. The molecule has 0 aliphatic heterocycles. The lowest BCUT2D eigenvalue weighted by molar-refractivity contribution is 0.0435. The quantitative estimate of drug-likeness (QED) is 0.637. The molecule has 7 nitrogen and oxygen atoms in total. The second-order valence-corrected chi connectivity index (χ2v) is 5.01. The van der Waals surface area contributed by atoms with Gasteiger partial charge >= 0.3 is 5.97 Å². The second-order valence-electron chi connectivity index (χ2n) is 5.01. The molecule has 3 aromatic rings. The summed E-state index contributed by atoms with van der Waals surface area (Å²) >= 11 is 0. The zero-order valence-corrected chi connectivity index (χ0v) is 13.8. The first-order valence-electron chi connectivity index (χ1n) is 7.48. The van der Waals surface area contributed by atoms with Crippen molar-refractivity contribution in [2.24, 2.45) is 0 Å². The van der Waals surface area contributed by atoms with Crippen molar-refractivity contribution in [3.63, 3.8) is 0 Å². The van der Waals surface area contributed by atoms with Crippen LogP contribution in [0.4, 0.5) is 0 Å². The number of esters is 1. The summed E-state index contributed by atoms with van der Waals surface area (Å²) in [7, 11) is 3.00. The Hall–Kier alpha value is -3.35. The highest BCUT2D eigenvalue weighted by Crippen LogP contribution is 2.25. The first-order chi connectivity index (χ1) is 12.2. The molecule has 3 rings (SSSR count). The zero-order chi connectivity index (χ0) is 17.6. The Balaban J connectivity index is 1.68. The molecule has 0 aliphatic rings. The van der Waals surface area contributed by atoms with Gasteiger partial charge in [-0.2, -0.15) is 0 Å². The lowest BCUT2D eigenvalue weighted by Crippen LogP contribution is -2.07. The second kappa shape index (κ2) is 7.48. The van der Waals surface area contributed by atoms with Gasteiger partial charge in [0.2, 0.25) is 5.89 Å². The predicted molar refractivity (Wildman–Crippen MR) is 88.4 cm³/mol. The van der Waals surface area contributed by atoms with Crippen molar-refractivity contribution < 1.29 is 23.4 Å². The number of ether oxygens (including phenoxy) is 3. The molecule has 25 heavy (non-hydrogen) atoms. The Morgan fingerprint density at radius 3 is 2.56 bits per heavy atom. The molecule has 0 bridgehead atoms. The Morgan fingerprint density at radius 1 is 1.04 bits per heavy atom. The van der Waals surface area contributed by atoms with Crippen molar-refractivity contribution in [2.45, 2.75) is 6.61 Å². The summed E-state index contributed by atoms with van der Waals surface area (Å²) in [6, 6.07) is 14.2. The topological polar surface area (TPSA) is 83.7 Å². The summed E-state index contributed by atoms with van der Waals surface area (Å²) in [4.78, 5) is 12.2. The summed E-state index contributed by atoms with van der Waals surface area (Å²) < 4.78 is 21.0. The van der Waals surface area contributed by atoms with Gasteiger partial charge in [-0.25, -0.2) is 4.79 Å². The SMILES string of the molecule is COc1ccc(C(=O)OCc2nnc(-c3ccccc3)o2)c(OC)c1. The summed E-state index contributed by atoms with van der Waals surface area (Å²) in [6.45, 7) is -0.131. The highest BCUT2D eigenvalue weighted by atomic mass is 16.5. The van der Waals surface area contributed by atoms with Gasteiger partial charge in [-0.1, -0.05) is 18.2 Å². The van der Waals surface area contributed by atoms with E-state index in [-0.39, 0.29) is 18.1 Å². The molecule has 0 unspecified atom stereocenters. The van der Waals surface area contributed by atoms with E-state index in [1.165, 1.54) is 14.2 Å². The van der Waals surface area contributed by atoms with E-state index in [1.807, 2.05) is 30.3 Å². The highest BCUT2D eigenvalue weighted by Gasteiger charge is 2.16. The fourth-order valence-corrected chi connectivity index (χ4v) is 2.18. The first kappa shape index (κ1) is 16.5. The van der Waals surface area contributed by atoms with Crippen molar-refractivity contribution in [3.8, 4) is 23.0 Å². The van der Waals surface area contributed by atoms with Gasteiger partial charge < -0.3 is 18.6 Å². The third-order valence-corrected chi connectivity index (χ3v) is 3.44. The van der Waals surface area contributed by atoms with Crippen LogP contribution in [0.15, 0.2) is 52.9 Å². The molecule has 0 atom stereocenters. The molecule has 0 spiro atoms. The Labute approximate surface area is 144 Å². The van der Waals surface area contributed by atoms with Crippen LogP contribution in [-0.2, 0) is 11.3 Å². The number of nitrogens with zero attached hydrogens (tertiary/aromatic N) is 2. The number of methoxy groups -OCH3 is 2. The van der Waals surface area contributed by atoms with Gasteiger partial charge in [0.25, 0.3) is 5.89 Å². The molecular formula is C18H16N2O5. The molecule has 0 N–H and O–H groups in total. The van der Waals surface area contributed by atoms with E-state index in [4.69, 9.17) is 18.6 Å². The number of hydrogen-bond acceptors (Lipinski definition) is 7. The van der Waals surface area contributed by atoms with Crippen LogP contribution in [0.5, 0.6) is 11.5 Å². The van der Waals surface area contributed by atoms with E-state index in [0.717, 1.165) is 5.56 Å². The molecule has 0 fully saturated rings. The van der Waals surface area contributed by atoms with Gasteiger partial charge in [0.1, 0.15) is 17.1 Å². The van der Waals surface area contributed by atoms with Crippen LogP contribution >= 0.6 is 0 Å². The minimum Gasteiger partial charge on any atom is -0.497 e. The Bertz CT molecular complexity index is 861. The molecule has 1 heterocycles. The molecule has 1 aromatic heterocycles. The van der Waals surface area contributed by atoms with Gasteiger partial charge in [0.15, 0.2) is 6.61 Å². The smallest absolute Gasteiger partial charge is 0.342 e. The lowest BCUT2D eigenvalue weighted by atomic mass is 10.2. The Kier molecular flexibility index (Phi) is 4.94. The first-order valence-corrected chi connectivity index (χ1v) is 7.48. The summed E-state index contributed by atoms with van der Waals surface area (Å²) in [5.41, 5.74) is 1.08. The zero-order valence-electron chi connectivity index (χ0n) is 13.8. The van der Waals surface area contributed by atoms with Gasteiger partial charge in [-0.15, -0.1) is 10.2 Å². The van der Waals surface area contributed by atoms with Gasteiger partial charge in [0.05, 0.1) is 14.2 Å².